The number of rotatable bonds is 3. The van der Waals surface area contributed by atoms with Crippen LogP contribution < -0.4 is 0 Å². The van der Waals surface area contributed by atoms with E-state index in [1.807, 2.05) is 0 Å². The van der Waals surface area contributed by atoms with Crippen molar-refractivity contribution in [3.05, 3.63) is 0 Å². The van der Waals surface area contributed by atoms with E-state index >= 15 is 0 Å². The Balaban J connectivity index is 1.88. The molecule has 0 saturated carbocycles. The molecule has 18 heavy (non-hydrogen) atoms. The van der Waals surface area contributed by atoms with Crippen LogP contribution in [0.3, 0.4) is 0 Å². The van der Waals surface area contributed by atoms with Gasteiger partial charge in [0.2, 0.25) is 0 Å². The van der Waals surface area contributed by atoms with E-state index in [2.05, 4.69) is 39.5 Å². The first-order valence-corrected chi connectivity index (χ1v) is 7.88. The van der Waals surface area contributed by atoms with E-state index in [9.17, 15) is 0 Å². The highest BCUT2D eigenvalue weighted by atomic mass is 16.5. The maximum atomic E-state index is 5.87. The molecule has 0 spiro atoms. The van der Waals surface area contributed by atoms with Crippen molar-refractivity contribution in [1.82, 2.24) is 4.90 Å². The van der Waals surface area contributed by atoms with Crippen molar-refractivity contribution in [3.63, 3.8) is 0 Å². The predicted molar refractivity (Wildman–Crippen MR) is 76.8 cm³/mol. The van der Waals surface area contributed by atoms with Crippen molar-refractivity contribution < 1.29 is 4.74 Å². The first-order chi connectivity index (χ1) is 8.47. The van der Waals surface area contributed by atoms with Gasteiger partial charge in [-0.1, -0.05) is 6.92 Å². The zero-order chi connectivity index (χ0) is 13.3. The van der Waals surface area contributed by atoms with Gasteiger partial charge in [-0.2, -0.15) is 0 Å². The summed E-state index contributed by atoms with van der Waals surface area (Å²) in [5.74, 6) is 1.66. The normalized spacial score (nSPS) is 44.2. The van der Waals surface area contributed by atoms with Crippen LogP contribution in [0.4, 0.5) is 0 Å². The molecule has 2 rings (SSSR count). The molecular weight excluding hydrogens is 222 g/mol. The lowest BCUT2D eigenvalue weighted by Crippen LogP contribution is -2.41. The monoisotopic (exact) mass is 253 g/mol. The third-order valence-corrected chi connectivity index (χ3v) is 5.17. The summed E-state index contributed by atoms with van der Waals surface area (Å²) in [5.41, 5.74) is 0. The molecule has 0 aromatic rings. The van der Waals surface area contributed by atoms with E-state index in [-0.39, 0.29) is 0 Å². The molecule has 2 aliphatic heterocycles. The molecule has 0 aliphatic carbocycles. The summed E-state index contributed by atoms with van der Waals surface area (Å²) in [6.45, 7) is 13.0. The van der Waals surface area contributed by atoms with Gasteiger partial charge in [-0.3, -0.25) is 4.90 Å². The van der Waals surface area contributed by atoms with Crippen LogP contribution >= 0.6 is 0 Å². The lowest BCUT2D eigenvalue weighted by atomic mass is 9.82. The lowest BCUT2D eigenvalue weighted by molar-refractivity contribution is -0.0650. The maximum Gasteiger partial charge on any atom is 0.0553 e. The van der Waals surface area contributed by atoms with Gasteiger partial charge in [0.05, 0.1) is 12.2 Å². The summed E-state index contributed by atoms with van der Waals surface area (Å²) < 4.78 is 5.87. The molecule has 0 N–H and O–H groups in total. The SMILES string of the molecule is CC1CC(C(C)CN2C(C)CC[C@H]2C)CC(C)O1. The molecule has 4 unspecified atom stereocenters. The topological polar surface area (TPSA) is 12.5 Å². The second kappa shape index (κ2) is 5.92. The van der Waals surface area contributed by atoms with Crippen molar-refractivity contribution >= 4 is 0 Å². The zero-order valence-electron chi connectivity index (χ0n) is 12.9. The lowest BCUT2D eigenvalue weighted by Gasteiger charge is -2.38. The molecule has 0 aromatic heterocycles. The fraction of sp³-hybridized carbons (Fsp3) is 1.00. The quantitative estimate of drug-likeness (QED) is 0.760. The first kappa shape index (κ1) is 14.3. The Morgan fingerprint density at radius 3 is 2.00 bits per heavy atom. The van der Waals surface area contributed by atoms with Crippen LogP contribution in [0, 0.1) is 11.8 Å². The fourth-order valence-corrected chi connectivity index (χ4v) is 4.01. The Hall–Kier alpha value is -0.0800. The summed E-state index contributed by atoms with van der Waals surface area (Å²) in [7, 11) is 0. The summed E-state index contributed by atoms with van der Waals surface area (Å²) in [5, 5.41) is 0. The number of nitrogens with zero attached hydrogens (tertiary/aromatic N) is 1. The Bertz CT molecular complexity index is 248. The highest BCUT2D eigenvalue weighted by Crippen LogP contribution is 2.33. The fourth-order valence-electron chi connectivity index (χ4n) is 4.01. The number of hydrogen-bond acceptors (Lipinski definition) is 2. The molecular formula is C16H31NO. The molecule has 0 amide bonds. The van der Waals surface area contributed by atoms with Gasteiger partial charge in [-0.05, 0) is 65.2 Å². The molecule has 5 atom stereocenters. The Morgan fingerprint density at radius 2 is 1.50 bits per heavy atom. The molecule has 2 aliphatic rings. The Labute approximate surface area is 113 Å². The molecule has 2 heterocycles. The number of ether oxygens (including phenoxy) is 1. The third kappa shape index (κ3) is 3.27. The maximum absolute atomic E-state index is 5.87. The van der Waals surface area contributed by atoms with Crippen LogP contribution in [0.2, 0.25) is 0 Å². The van der Waals surface area contributed by atoms with Crippen LogP contribution in [-0.2, 0) is 4.74 Å². The van der Waals surface area contributed by atoms with E-state index in [0.29, 0.717) is 12.2 Å². The summed E-state index contributed by atoms with van der Waals surface area (Å²) >= 11 is 0. The van der Waals surface area contributed by atoms with Gasteiger partial charge in [0.25, 0.3) is 0 Å². The van der Waals surface area contributed by atoms with E-state index in [1.165, 1.54) is 32.2 Å². The van der Waals surface area contributed by atoms with E-state index in [0.717, 1.165) is 23.9 Å². The van der Waals surface area contributed by atoms with E-state index in [1.54, 1.807) is 0 Å². The molecule has 106 valence electrons. The van der Waals surface area contributed by atoms with Crippen LogP contribution in [0.15, 0.2) is 0 Å². The van der Waals surface area contributed by atoms with Crippen molar-refractivity contribution in [1.29, 1.82) is 0 Å². The highest BCUT2D eigenvalue weighted by Gasteiger charge is 2.33. The van der Waals surface area contributed by atoms with Gasteiger partial charge in [-0.15, -0.1) is 0 Å². The van der Waals surface area contributed by atoms with Gasteiger partial charge >= 0.3 is 0 Å². The van der Waals surface area contributed by atoms with Crippen LogP contribution in [0.5, 0.6) is 0 Å². The smallest absolute Gasteiger partial charge is 0.0553 e. The largest absolute Gasteiger partial charge is 0.376 e. The third-order valence-electron chi connectivity index (χ3n) is 5.17. The minimum Gasteiger partial charge on any atom is -0.376 e. The van der Waals surface area contributed by atoms with Crippen LogP contribution in [-0.4, -0.2) is 35.7 Å². The summed E-state index contributed by atoms with van der Waals surface area (Å²) in [4.78, 5) is 2.73. The van der Waals surface area contributed by atoms with Crippen molar-refractivity contribution in [2.75, 3.05) is 6.54 Å². The second-order valence-electron chi connectivity index (χ2n) is 6.94. The minimum atomic E-state index is 0.453. The van der Waals surface area contributed by atoms with E-state index < -0.39 is 0 Å². The van der Waals surface area contributed by atoms with Gasteiger partial charge in [-0.25, -0.2) is 0 Å². The second-order valence-corrected chi connectivity index (χ2v) is 6.94. The highest BCUT2D eigenvalue weighted by molar-refractivity contribution is 4.86. The van der Waals surface area contributed by atoms with Crippen molar-refractivity contribution in [2.45, 2.75) is 84.6 Å². The average Bonchev–Trinajstić information content (AvgIpc) is 2.59. The van der Waals surface area contributed by atoms with Crippen LogP contribution in [0.25, 0.3) is 0 Å². The summed E-state index contributed by atoms with van der Waals surface area (Å²) in [6.07, 6.45) is 6.18. The van der Waals surface area contributed by atoms with Gasteiger partial charge in [0.15, 0.2) is 0 Å². The van der Waals surface area contributed by atoms with E-state index in [4.69, 9.17) is 4.74 Å². The average molecular weight is 253 g/mol. The molecule has 0 radical (unpaired) electrons. The van der Waals surface area contributed by atoms with Crippen molar-refractivity contribution in [3.8, 4) is 0 Å². The van der Waals surface area contributed by atoms with Crippen LogP contribution in [0.1, 0.15) is 60.3 Å². The van der Waals surface area contributed by atoms with Gasteiger partial charge in [0, 0.05) is 18.6 Å². The standard InChI is InChI=1S/C16H31NO/c1-11(10-17-12(2)6-7-13(17)3)16-8-14(4)18-15(5)9-16/h11-16H,6-10H2,1-5H3/t11?,12-,13?,14?,15?,16?/m1/s1. The Kier molecular flexibility index (Phi) is 4.71. The minimum absolute atomic E-state index is 0.453. The molecule has 2 nitrogen and oxygen atoms in total. The number of hydrogen-bond donors (Lipinski definition) is 0. The zero-order valence-corrected chi connectivity index (χ0v) is 12.9. The molecule has 2 saturated heterocycles. The van der Waals surface area contributed by atoms with Gasteiger partial charge < -0.3 is 4.74 Å². The predicted octanol–water partition coefficient (Wildman–Crippen LogP) is 3.70. The molecule has 2 fully saturated rings. The molecule has 0 aromatic carbocycles. The van der Waals surface area contributed by atoms with Crippen molar-refractivity contribution in [2.24, 2.45) is 11.8 Å². The molecule has 2 heteroatoms. The number of likely N-dealkylation sites (tertiary alicyclic amines) is 1. The first-order valence-electron chi connectivity index (χ1n) is 7.88. The molecule has 0 bridgehead atoms. The van der Waals surface area contributed by atoms with Gasteiger partial charge in [0.1, 0.15) is 0 Å². The summed E-state index contributed by atoms with van der Waals surface area (Å²) in [6, 6.07) is 1.58. The Morgan fingerprint density at radius 1 is 1.00 bits per heavy atom.